The molecule has 2 aromatic heterocycles. The van der Waals surface area contributed by atoms with E-state index in [4.69, 9.17) is 15.2 Å². The van der Waals surface area contributed by atoms with Gasteiger partial charge in [-0.2, -0.15) is 0 Å². The molecule has 36 heavy (non-hydrogen) atoms. The number of carbonyl (C=O) groups excluding carboxylic acids is 1. The molecule has 0 saturated carbocycles. The van der Waals surface area contributed by atoms with E-state index in [1.54, 1.807) is 24.5 Å². The molecule has 3 heterocycles. The number of para-hydroxylation sites is 1. The molecule has 5 rings (SSSR count). The number of carbonyl (C=O) groups is 1. The molecule has 1 amide bonds. The first-order valence-electron chi connectivity index (χ1n) is 12.2. The van der Waals surface area contributed by atoms with Crippen LogP contribution in [0.4, 0.5) is 4.79 Å². The lowest BCUT2D eigenvalue weighted by Gasteiger charge is -2.34. The highest BCUT2D eigenvalue weighted by atomic mass is 16.5. The normalized spacial score (nSPS) is 14.7. The Balaban J connectivity index is 1.14. The number of benzene rings is 2. The standard InChI is InChI=1S/C27H30N6O3/c28-27(34)36-24-9-4-8-22-25(24)31-26(30-22)21-18-29-11-10-23(21)35-17-5-12-32-13-15-33(16-14-32)19-20-6-2-1-3-7-20/h1-4,6-11,18H,5,12-17,19H2,(H2,28,34)(H,30,31). The number of nitrogens with two attached hydrogens (primary N) is 1. The second-order valence-electron chi connectivity index (χ2n) is 8.84. The number of ether oxygens (including phenoxy) is 2. The number of nitrogens with zero attached hydrogens (tertiary/aromatic N) is 4. The molecule has 1 aliphatic rings. The van der Waals surface area contributed by atoms with Crippen LogP contribution in [-0.4, -0.2) is 70.2 Å². The number of aromatic nitrogens is 3. The van der Waals surface area contributed by atoms with Gasteiger partial charge in [0.25, 0.3) is 0 Å². The van der Waals surface area contributed by atoms with Gasteiger partial charge < -0.3 is 25.1 Å². The number of pyridine rings is 1. The molecule has 0 unspecified atom stereocenters. The zero-order valence-corrected chi connectivity index (χ0v) is 20.1. The van der Waals surface area contributed by atoms with Crippen LogP contribution >= 0.6 is 0 Å². The number of H-pyrrole nitrogens is 1. The summed E-state index contributed by atoms with van der Waals surface area (Å²) in [6, 6.07) is 17.8. The van der Waals surface area contributed by atoms with Crippen LogP contribution in [0.5, 0.6) is 11.5 Å². The number of hydrogen-bond donors (Lipinski definition) is 2. The highest BCUT2D eigenvalue weighted by molar-refractivity contribution is 5.87. The zero-order valence-electron chi connectivity index (χ0n) is 20.1. The average molecular weight is 487 g/mol. The number of fused-ring (bicyclic) bond motifs is 1. The summed E-state index contributed by atoms with van der Waals surface area (Å²) in [5.74, 6) is 1.59. The number of amides is 1. The molecule has 0 bridgehead atoms. The van der Waals surface area contributed by atoms with Gasteiger partial charge in [0.1, 0.15) is 17.1 Å². The SMILES string of the molecule is NC(=O)Oc1cccc2[nH]c(-c3cnccc3OCCCN3CCN(Cc4ccccc4)CC3)nc12. The van der Waals surface area contributed by atoms with E-state index < -0.39 is 6.09 Å². The van der Waals surface area contributed by atoms with Gasteiger partial charge in [0.15, 0.2) is 5.75 Å². The summed E-state index contributed by atoms with van der Waals surface area (Å²) in [4.78, 5) is 28.3. The van der Waals surface area contributed by atoms with Gasteiger partial charge in [0.05, 0.1) is 17.7 Å². The molecule has 0 radical (unpaired) electrons. The van der Waals surface area contributed by atoms with Crippen LogP contribution in [0.3, 0.4) is 0 Å². The van der Waals surface area contributed by atoms with Crippen LogP contribution in [0.1, 0.15) is 12.0 Å². The highest BCUT2D eigenvalue weighted by Crippen LogP contribution is 2.31. The Labute approximate surface area is 209 Å². The van der Waals surface area contributed by atoms with Gasteiger partial charge in [-0.3, -0.25) is 9.88 Å². The molecule has 1 saturated heterocycles. The lowest BCUT2D eigenvalue weighted by molar-refractivity contribution is 0.121. The fraction of sp³-hybridized carbons (Fsp3) is 0.296. The molecule has 3 N–H and O–H groups in total. The van der Waals surface area contributed by atoms with Crippen molar-refractivity contribution in [2.45, 2.75) is 13.0 Å². The van der Waals surface area contributed by atoms with Crippen LogP contribution in [0.25, 0.3) is 22.4 Å². The van der Waals surface area contributed by atoms with Crippen molar-refractivity contribution < 1.29 is 14.3 Å². The van der Waals surface area contributed by atoms with Crippen molar-refractivity contribution in [1.29, 1.82) is 0 Å². The summed E-state index contributed by atoms with van der Waals surface area (Å²) in [5, 5.41) is 0. The molecule has 9 nitrogen and oxygen atoms in total. The third-order valence-electron chi connectivity index (χ3n) is 6.31. The van der Waals surface area contributed by atoms with Crippen molar-refractivity contribution in [2.24, 2.45) is 5.73 Å². The van der Waals surface area contributed by atoms with Gasteiger partial charge in [-0.15, -0.1) is 0 Å². The summed E-state index contributed by atoms with van der Waals surface area (Å²) in [6.45, 7) is 6.91. The van der Waals surface area contributed by atoms with Crippen molar-refractivity contribution in [3.05, 3.63) is 72.6 Å². The van der Waals surface area contributed by atoms with Crippen molar-refractivity contribution in [2.75, 3.05) is 39.3 Å². The second-order valence-corrected chi connectivity index (χ2v) is 8.84. The van der Waals surface area contributed by atoms with Gasteiger partial charge >= 0.3 is 6.09 Å². The van der Waals surface area contributed by atoms with Crippen molar-refractivity contribution in [3.63, 3.8) is 0 Å². The maximum absolute atomic E-state index is 11.2. The van der Waals surface area contributed by atoms with E-state index in [-0.39, 0.29) is 0 Å². The molecule has 1 aliphatic heterocycles. The largest absolute Gasteiger partial charge is 0.493 e. The van der Waals surface area contributed by atoms with Crippen molar-refractivity contribution in [1.82, 2.24) is 24.8 Å². The lowest BCUT2D eigenvalue weighted by Crippen LogP contribution is -2.46. The molecule has 2 aromatic carbocycles. The Morgan fingerprint density at radius 3 is 2.58 bits per heavy atom. The Hall–Kier alpha value is -3.95. The van der Waals surface area contributed by atoms with Crippen LogP contribution < -0.4 is 15.2 Å². The molecular weight excluding hydrogens is 456 g/mol. The number of piperazine rings is 1. The van der Waals surface area contributed by atoms with E-state index in [1.807, 2.05) is 12.1 Å². The molecule has 9 heteroatoms. The first-order valence-corrected chi connectivity index (χ1v) is 12.2. The fourth-order valence-corrected chi connectivity index (χ4v) is 4.49. The Kier molecular flexibility index (Phi) is 7.39. The third-order valence-corrected chi connectivity index (χ3v) is 6.31. The van der Waals surface area contributed by atoms with E-state index >= 15 is 0 Å². The predicted molar refractivity (Wildman–Crippen MR) is 138 cm³/mol. The third kappa shape index (κ3) is 5.81. The molecule has 0 atom stereocenters. The van der Waals surface area contributed by atoms with Crippen molar-refractivity contribution in [3.8, 4) is 22.9 Å². The summed E-state index contributed by atoms with van der Waals surface area (Å²) in [6.07, 6.45) is 3.47. The topological polar surface area (TPSA) is 110 Å². The zero-order chi connectivity index (χ0) is 24.7. The Morgan fingerprint density at radius 2 is 1.78 bits per heavy atom. The summed E-state index contributed by atoms with van der Waals surface area (Å²) < 4.78 is 11.2. The van der Waals surface area contributed by atoms with E-state index in [2.05, 4.69) is 55.1 Å². The number of rotatable bonds is 9. The van der Waals surface area contributed by atoms with E-state index in [9.17, 15) is 4.79 Å². The molecule has 186 valence electrons. The summed E-state index contributed by atoms with van der Waals surface area (Å²) in [7, 11) is 0. The average Bonchev–Trinajstić information content (AvgIpc) is 3.33. The minimum absolute atomic E-state index is 0.303. The quantitative estimate of drug-likeness (QED) is 0.347. The molecule has 0 aliphatic carbocycles. The van der Waals surface area contributed by atoms with Gasteiger partial charge in [0.2, 0.25) is 0 Å². The van der Waals surface area contributed by atoms with E-state index in [0.29, 0.717) is 29.4 Å². The van der Waals surface area contributed by atoms with Gasteiger partial charge in [0, 0.05) is 51.7 Å². The minimum atomic E-state index is -0.880. The predicted octanol–water partition coefficient (Wildman–Crippen LogP) is 3.67. The van der Waals surface area contributed by atoms with Crippen LogP contribution in [-0.2, 0) is 6.54 Å². The first kappa shape index (κ1) is 23.8. The maximum Gasteiger partial charge on any atom is 0.410 e. The lowest BCUT2D eigenvalue weighted by atomic mass is 10.2. The number of nitrogens with one attached hydrogen (secondary N) is 1. The van der Waals surface area contributed by atoms with E-state index in [0.717, 1.165) is 56.8 Å². The number of aromatic amines is 1. The molecular formula is C27H30N6O3. The van der Waals surface area contributed by atoms with Gasteiger partial charge in [-0.25, -0.2) is 9.78 Å². The maximum atomic E-state index is 11.2. The number of imidazole rings is 1. The van der Waals surface area contributed by atoms with Crippen LogP contribution in [0.15, 0.2) is 67.0 Å². The molecule has 0 spiro atoms. The first-order chi connectivity index (χ1) is 17.7. The van der Waals surface area contributed by atoms with Gasteiger partial charge in [-0.1, -0.05) is 36.4 Å². The minimum Gasteiger partial charge on any atom is -0.493 e. The Morgan fingerprint density at radius 1 is 0.972 bits per heavy atom. The monoisotopic (exact) mass is 486 g/mol. The highest BCUT2D eigenvalue weighted by Gasteiger charge is 2.17. The van der Waals surface area contributed by atoms with Crippen LogP contribution in [0.2, 0.25) is 0 Å². The van der Waals surface area contributed by atoms with Crippen LogP contribution in [0, 0.1) is 0 Å². The Bertz CT molecular complexity index is 1300. The summed E-state index contributed by atoms with van der Waals surface area (Å²) in [5.41, 5.74) is 8.54. The van der Waals surface area contributed by atoms with E-state index in [1.165, 1.54) is 5.56 Å². The van der Waals surface area contributed by atoms with Gasteiger partial charge in [-0.05, 0) is 30.2 Å². The fourth-order valence-electron chi connectivity index (χ4n) is 4.49. The molecule has 4 aromatic rings. The summed E-state index contributed by atoms with van der Waals surface area (Å²) >= 11 is 0. The number of hydrogen-bond acceptors (Lipinski definition) is 7. The smallest absolute Gasteiger partial charge is 0.410 e. The number of primary amides is 1. The van der Waals surface area contributed by atoms with Crippen molar-refractivity contribution >= 4 is 17.1 Å². The molecule has 1 fully saturated rings. The second kappa shape index (κ2) is 11.2.